The minimum atomic E-state index is -0.134. The van der Waals surface area contributed by atoms with Crippen molar-refractivity contribution in [2.75, 3.05) is 7.05 Å². The van der Waals surface area contributed by atoms with Gasteiger partial charge >= 0.3 is 0 Å². The van der Waals surface area contributed by atoms with Crippen LogP contribution in [0.4, 0.5) is 0 Å². The molecule has 23 heavy (non-hydrogen) atoms. The standard InChI is InChI=1S/C16H17N3O3S/c1-19(6-12-17-10-2-3-23-14(10)15(20)18-12)16(21)9-5-11-7-4-8(7)13(9)22-11/h2-3,7-9,11,13H,4-6H2,1H3,(H,17,18,20)/t7-,8+,9-,11+,13+/m1/s1. The molecule has 2 aromatic rings. The van der Waals surface area contributed by atoms with Crippen molar-refractivity contribution >= 4 is 27.5 Å². The summed E-state index contributed by atoms with van der Waals surface area (Å²) in [6.45, 7) is 0.321. The average molecular weight is 331 g/mol. The fraction of sp³-hybridized carbons (Fsp3) is 0.562. The number of ether oxygens (including phenoxy) is 1. The molecule has 2 saturated heterocycles. The first kappa shape index (κ1) is 13.7. The van der Waals surface area contributed by atoms with Crippen LogP contribution in [0.5, 0.6) is 0 Å². The van der Waals surface area contributed by atoms with Crippen LogP contribution in [0, 0.1) is 17.8 Å². The van der Waals surface area contributed by atoms with Crippen LogP contribution in [0.25, 0.3) is 10.2 Å². The van der Waals surface area contributed by atoms with Gasteiger partial charge in [0, 0.05) is 7.05 Å². The van der Waals surface area contributed by atoms with E-state index in [9.17, 15) is 9.59 Å². The molecule has 0 spiro atoms. The van der Waals surface area contributed by atoms with Gasteiger partial charge < -0.3 is 14.6 Å². The molecule has 120 valence electrons. The Labute approximate surface area is 136 Å². The van der Waals surface area contributed by atoms with Crippen molar-refractivity contribution in [2.45, 2.75) is 31.6 Å². The maximum absolute atomic E-state index is 12.7. The number of hydrogen-bond acceptors (Lipinski definition) is 5. The Hall–Kier alpha value is -1.73. The van der Waals surface area contributed by atoms with Gasteiger partial charge in [0.2, 0.25) is 5.91 Å². The molecule has 5 atom stereocenters. The van der Waals surface area contributed by atoms with E-state index in [1.165, 1.54) is 17.8 Å². The van der Waals surface area contributed by atoms with Gasteiger partial charge in [0.25, 0.3) is 5.56 Å². The van der Waals surface area contributed by atoms with E-state index >= 15 is 0 Å². The van der Waals surface area contributed by atoms with E-state index in [4.69, 9.17) is 4.74 Å². The second-order valence-corrected chi connectivity index (χ2v) is 7.80. The average Bonchev–Trinajstić information content (AvgIpc) is 2.91. The van der Waals surface area contributed by atoms with Gasteiger partial charge in [-0.25, -0.2) is 4.98 Å². The number of nitrogens with one attached hydrogen (secondary N) is 1. The normalized spacial score (nSPS) is 33.9. The number of aromatic amines is 1. The first-order valence-electron chi connectivity index (χ1n) is 7.98. The summed E-state index contributed by atoms with van der Waals surface area (Å²) >= 11 is 1.38. The van der Waals surface area contributed by atoms with Crippen LogP contribution >= 0.6 is 11.3 Å². The molecule has 0 radical (unpaired) electrons. The maximum Gasteiger partial charge on any atom is 0.268 e. The van der Waals surface area contributed by atoms with E-state index in [-0.39, 0.29) is 23.5 Å². The van der Waals surface area contributed by atoms with Crippen LogP contribution in [0.1, 0.15) is 18.7 Å². The van der Waals surface area contributed by atoms with Gasteiger partial charge in [-0.3, -0.25) is 9.59 Å². The summed E-state index contributed by atoms with van der Waals surface area (Å²) in [7, 11) is 1.77. The minimum absolute atomic E-state index is 0.0228. The highest BCUT2D eigenvalue weighted by atomic mass is 32.1. The van der Waals surface area contributed by atoms with Crippen LogP contribution in [0.2, 0.25) is 0 Å². The molecule has 0 unspecified atom stereocenters. The molecule has 5 rings (SSSR count). The van der Waals surface area contributed by atoms with Gasteiger partial charge in [-0.2, -0.15) is 0 Å². The second kappa shape index (κ2) is 4.64. The zero-order valence-electron chi connectivity index (χ0n) is 12.7. The minimum Gasteiger partial charge on any atom is -0.374 e. The molecule has 2 bridgehead atoms. The summed E-state index contributed by atoms with van der Waals surface area (Å²) in [4.78, 5) is 33.6. The van der Waals surface area contributed by atoms with Crippen molar-refractivity contribution < 1.29 is 9.53 Å². The number of H-pyrrole nitrogens is 1. The van der Waals surface area contributed by atoms with Crippen LogP contribution in [-0.4, -0.2) is 40.0 Å². The van der Waals surface area contributed by atoms with Crippen LogP contribution < -0.4 is 5.56 Å². The number of nitrogens with zero attached hydrogens (tertiary/aromatic N) is 2. The van der Waals surface area contributed by atoms with Gasteiger partial charge in [0.1, 0.15) is 10.5 Å². The molecule has 4 heterocycles. The van der Waals surface area contributed by atoms with E-state index < -0.39 is 0 Å². The Morgan fingerprint density at radius 1 is 1.48 bits per heavy atom. The van der Waals surface area contributed by atoms with Gasteiger partial charge in [0.15, 0.2) is 0 Å². The number of carbonyl (C=O) groups is 1. The lowest BCUT2D eigenvalue weighted by Crippen LogP contribution is -2.38. The molecule has 7 heteroatoms. The molecule has 3 aliphatic rings. The maximum atomic E-state index is 12.7. The second-order valence-electron chi connectivity index (χ2n) is 6.89. The number of thiophene rings is 1. The number of amides is 1. The van der Waals surface area contributed by atoms with Crippen LogP contribution in [0.15, 0.2) is 16.2 Å². The summed E-state index contributed by atoms with van der Waals surface area (Å²) in [5, 5.41) is 1.85. The summed E-state index contributed by atoms with van der Waals surface area (Å²) < 4.78 is 6.54. The van der Waals surface area contributed by atoms with E-state index in [0.29, 0.717) is 40.5 Å². The van der Waals surface area contributed by atoms with Crippen molar-refractivity contribution in [2.24, 2.45) is 17.8 Å². The zero-order valence-corrected chi connectivity index (χ0v) is 13.5. The number of carbonyl (C=O) groups excluding carboxylic acids is 1. The lowest BCUT2D eigenvalue weighted by Gasteiger charge is -2.24. The third-order valence-corrected chi connectivity index (χ3v) is 6.35. The molecule has 2 aromatic heterocycles. The van der Waals surface area contributed by atoms with Gasteiger partial charge in [-0.1, -0.05) is 0 Å². The predicted octanol–water partition coefficient (Wildman–Crippen LogP) is 1.37. The van der Waals surface area contributed by atoms with Crippen molar-refractivity contribution in [3.05, 3.63) is 27.6 Å². The predicted molar refractivity (Wildman–Crippen MR) is 85.1 cm³/mol. The molecule has 0 aromatic carbocycles. The lowest BCUT2D eigenvalue weighted by molar-refractivity contribution is -0.136. The van der Waals surface area contributed by atoms with Crippen LogP contribution in [-0.2, 0) is 16.1 Å². The van der Waals surface area contributed by atoms with E-state index in [1.54, 1.807) is 11.9 Å². The molecule has 1 N–H and O–H groups in total. The molecule has 3 fully saturated rings. The first-order valence-corrected chi connectivity index (χ1v) is 8.86. The molecule has 6 nitrogen and oxygen atoms in total. The third kappa shape index (κ3) is 1.99. The Morgan fingerprint density at radius 3 is 3.13 bits per heavy atom. The molecule has 1 saturated carbocycles. The third-order valence-electron chi connectivity index (χ3n) is 5.45. The van der Waals surface area contributed by atoms with E-state index in [1.807, 2.05) is 11.4 Å². The number of fused-ring (bicyclic) bond motifs is 6. The van der Waals surface area contributed by atoms with Gasteiger partial charge in [-0.15, -0.1) is 11.3 Å². The number of aromatic nitrogens is 2. The molecule has 1 amide bonds. The summed E-state index contributed by atoms with van der Waals surface area (Å²) in [5.41, 5.74) is 0.559. The fourth-order valence-corrected chi connectivity index (χ4v) is 5.00. The Balaban J connectivity index is 1.35. The topological polar surface area (TPSA) is 75.3 Å². The number of rotatable bonds is 3. The fourth-order valence-electron chi connectivity index (χ4n) is 4.28. The summed E-state index contributed by atoms with van der Waals surface area (Å²) in [6.07, 6.45) is 2.49. The zero-order chi connectivity index (χ0) is 15.7. The highest BCUT2D eigenvalue weighted by molar-refractivity contribution is 7.17. The van der Waals surface area contributed by atoms with Crippen molar-refractivity contribution in [1.29, 1.82) is 0 Å². The van der Waals surface area contributed by atoms with Gasteiger partial charge in [-0.05, 0) is 36.1 Å². The van der Waals surface area contributed by atoms with Crippen molar-refractivity contribution in [3.63, 3.8) is 0 Å². The Morgan fingerprint density at radius 2 is 2.35 bits per heavy atom. The highest BCUT2D eigenvalue weighted by Gasteiger charge is 2.64. The summed E-state index contributed by atoms with van der Waals surface area (Å²) in [5.74, 6) is 1.94. The lowest BCUT2D eigenvalue weighted by atomic mass is 9.88. The SMILES string of the molecule is CN(Cc1nc2ccsc2c(=O)[nH]1)C(=O)[C@@H]1C[C@@H]2O[C@H]1[C@H]1C[C@H]12. The smallest absolute Gasteiger partial charge is 0.268 e. The molecule has 2 aliphatic heterocycles. The van der Waals surface area contributed by atoms with Gasteiger partial charge in [0.05, 0.1) is 30.2 Å². The quantitative estimate of drug-likeness (QED) is 0.922. The van der Waals surface area contributed by atoms with E-state index in [0.717, 1.165) is 6.42 Å². The highest BCUT2D eigenvalue weighted by Crippen LogP contribution is 2.60. The first-order chi connectivity index (χ1) is 11.1. The summed E-state index contributed by atoms with van der Waals surface area (Å²) in [6, 6.07) is 1.83. The molecular formula is C16H17N3O3S. The van der Waals surface area contributed by atoms with E-state index in [2.05, 4.69) is 9.97 Å². The number of hydrogen-bond donors (Lipinski definition) is 1. The Bertz CT molecular complexity index is 860. The monoisotopic (exact) mass is 331 g/mol. The van der Waals surface area contributed by atoms with Crippen LogP contribution in [0.3, 0.4) is 0 Å². The Kier molecular flexibility index (Phi) is 2.76. The van der Waals surface area contributed by atoms with Crippen molar-refractivity contribution in [1.82, 2.24) is 14.9 Å². The molecule has 1 aliphatic carbocycles. The van der Waals surface area contributed by atoms with Crippen molar-refractivity contribution in [3.8, 4) is 0 Å². The largest absolute Gasteiger partial charge is 0.374 e. The molecular weight excluding hydrogens is 314 g/mol.